The summed E-state index contributed by atoms with van der Waals surface area (Å²) in [4.78, 5) is 27.5. The molecule has 0 spiro atoms. The molecule has 0 aromatic carbocycles. The van der Waals surface area contributed by atoms with Crippen molar-refractivity contribution >= 4 is 46.7 Å². The molecule has 2 heterocycles. The first-order valence-electron chi connectivity index (χ1n) is 7.81. The number of amides is 2. The van der Waals surface area contributed by atoms with Crippen LogP contribution in [0, 0.1) is 0 Å². The fraction of sp³-hybridized carbons (Fsp3) is 0.625. The molecule has 2 amide bonds. The number of carbonyl (C=O) groups is 2. The van der Waals surface area contributed by atoms with Crippen LogP contribution in [0.15, 0.2) is 17.5 Å². The molecule has 23 heavy (non-hydrogen) atoms. The Bertz CT molecular complexity index is 507. The minimum atomic E-state index is -0.386. The van der Waals surface area contributed by atoms with E-state index in [4.69, 9.17) is 0 Å². The van der Waals surface area contributed by atoms with Gasteiger partial charge in [-0.1, -0.05) is 6.07 Å². The first kappa shape index (κ1) is 18.7. The number of thioether (sulfide) groups is 2. The molecule has 7 heteroatoms. The van der Waals surface area contributed by atoms with Gasteiger partial charge in [0.2, 0.25) is 11.8 Å². The van der Waals surface area contributed by atoms with Crippen molar-refractivity contribution in [2.45, 2.75) is 31.1 Å². The van der Waals surface area contributed by atoms with Gasteiger partial charge < -0.3 is 10.2 Å². The summed E-state index contributed by atoms with van der Waals surface area (Å²) in [5, 5.41) is 5.42. The van der Waals surface area contributed by atoms with Gasteiger partial charge in [-0.05, 0) is 36.3 Å². The summed E-state index contributed by atoms with van der Waals surface area (Å²) >= 11 is 5.42. The second-order valence-corrected chi connectivity index (χ2v) is 8.80. The number of carbonyl (C=O) groups excluding carboxylic acids is 2. The summed E-state index contributed by atoms with van der Waals surface area (Å²) in [6, 6.07) is 3.88. The molecular formula is C16H24N2O2S3. The molecule has 0 radical (unpaired) electrons. The Labute approximate surface area is 150 Å². The number of nitrogens with zero attached hydrogens (tertiary/aromatic N) is 1. The Morgan fingerprint density at radius 1 is 1.48 bits per heavy atom. The summed E-state index contributed by atoms with van der Waals surface area (Å²) < 4.78 is 0. The zero-order valence-electron chi connectivity index (χ0n) is 13.6. The minimum absolute atomic E-state index is 0.0710. The fourth-order valence-corrected chi connectivity index (χ4v) is 5.36. The normalized spacial score (nSPS) is 19.9. The predicted molar refractivity (Wildman–Crippen MR) is 101 cm³/mol. The highest BCUT2D eigenvalue weighted by molar-refractivity contribution is 7.99. The van der Waals surface area contributed by atoms with Gasteiger partial charge in [0.25, 0.3) is 0 Å². The number of hydrogen-bond acceptors (Lipinski definition) is 5. The maximum Gasteiger partial charge on any atom is 0.245 e. The molecule has 1 saturated heterocycles. The summed E-state index contributed by atoms with van der Waals surface area (Å²) in [6.45, 7) is 3.01. The smallest absolute Gasteiger partial charge is 0.245 e. The van der Waals surface area contributed by atoms with Crippen LogP contribution in [0.25, 0.3) is 0 Å². The quantitative estimate of drug-likeness (QED) is 0.834. The molecule has 1 N–H and O–H groups in total. The molecule has 2 atom stereocenters. The van der Waals surface area contributed by atoms with Crippen LogP contribution in [0.2, 0.25) is 0 Å². The molecule has 0 aliphatic carbocycles. The van der Waals surface area contributed by atoms with Crippen molar-refractivity contribution in [1.82, 2.24) is 10.2 Å². The fourth-order valence-electron chi connectivity index (χ4n) is 2.65. The van der Waals surface area contributed by atoms with E-state index in [0.717, 1.165) is 31.0 Å². The van der Waals surface area contributed by atoms with Crippen molar-refractivity contribution in [2.75, 3.05) is 30.9 Å². The number of rotatable bonds is 6. The van der Waals surface area contributed by atoms with Crippen LogP contribution < -0.4 is 5.32 Å². The van der Waals surface area contributed by atoms with Crippen molar-refractivity contribution in [3.63, 3.8) is 0 Å². The molecule has 1 aromatic heterocycles. The average molecular weight is 373 g/mol. The van der Waals surface area contributed by atoms with Gasteiger partial charge in [0, 0.05) is 35.9 Å². The maximum atomic E-state index is 12.8. The Balaban J connectivity index is 1.96. The number of hydrogen-bond donors (Lipinski definition) is 1. The zero-order valence-corrected chi connectivity index (χ0v) is 16.1. The van der Waals surface area contributed by atoms with Crippen LogP contribution in [0.1, 0.15) is 29.9 Å². The highest BCUT2D eigenvalue weighted by Crippen LogP contribution is 2.36. The Morgan fingerprint density at radius 2 is 2.30 bits per heavy atom. The SMILES string of the molecule is CSCCC(NC(C)=O)C(=O)N1CCSC(c2cccs2)CC1. The third-order valence-corrected chi connectivity index (χ3v) is 6.89. The van der Waals surface area contributed by atoms with E-state index in [1.807, 2.05) is 22.9 Å². The highest BCUT2D eigenvalue weighted by atomic mass is 32.2. The highest BCUT2D eigenvalue weighted by Gasteiger charge is 2.28. The Morgan fingerprint density at radius 3 is 2.96 bits per heavy atom. The standard InChI is InChI=1S/C16H24N2O2S3/c1-12(19)17-13(6-10-21-2)16(20)18-7-5-15(23-11-8-18)14-4-3-9-22-14/h3-4,9,13,15H,5-8,10-11H2,1-2H3,(H,17,19). The van der Waals surface area contributed by atoms with Crippen molar-refractivity contribution < 1.29 is 9.59 Å². The largest absolute Gasteiger partial charge is 0.345 e. The van der Waals surface area contributed by atoms with Crippen molar-refractivity contribution in [1.29, 1.82) is 0 Å². The van der Waals surface area contributed by atoms with Crippen molar-refractivity contribution in [2.24, 2.45) is 0 Å². The van der Waals surface area contributed by atoms with E-state index < -0.39 is 0 Å². The van der Waals surface area contributed by atoms with Gasteiger partial charge in [0.1, 0.15) is 6.04 Å². The van der Waals surface area contributed by atoms with Crippen LogP contribution in [0.3, 0.4) is 0 Å². The van der Waals surface area contributed by atoms with Gasteiger partial charge >= 0.3 is 0 Å². The summed E-state index contributed by atoms with van der Waals surface area (Å²) in [5.41, 5.74) is 0. The Kier molecular flexibility index (Phi) is 7.79. The van der Waals surface area contributed by atoms with Crippen LogP contribution in [0.4, 0.5) is 0 Å². The van der Waals surface area contributed by atoms with Crippen molar-refractivity contribution in [3.05, 3.63) is 22.4 Å². The molecule has 0 bridgehead atoms. The monoisotopic (exact) mass is 372 g/mol. The van der Waals surface area contributed by atoms with Crippen LogP contribution in [-0.4, -0.2) is 53.6 Å². The van der Waals surface area contributed by atoms with E-state index in [0.29, 0.717) is 11.7 Å². The van der Waals surface area contributed by atoms with E-state index in [1.165, 1.54) is 11.8 Å². The summed E-state index contributed by atoms with van der Waals surface area (Å²) in [5.74, 6) is 1.76. The van der Waals surface area contributed by atoms with Gasteiger partial charge in [0.05, 0.1) is 0 Å². The molecule has 4 nitrogen and oxygen atoms in total. The lowest BCUT2D eigenvalue weighted by atomic mass is 10.1. The lowest BCUT2D eigenvalue weighted by Crippen LogP contribution is -2.49. The first-order chi connectivity index (χ1) is 11.1. The topological polar surface area (TPSA) is 49.4 Å². The summed E-state index contributed by atoms with van der Waals surface area (Å²) in [6.07, 6.45) is 3.69. The zero-order chi connectivity index (χ0) is 16.7. The molecular weight excluding hydrogens is 348 g/mol. The minimum Gasteiger partial charge on any atom is -0.345 e. The van der Waals surface area contributed by atoms with Crippen molar-refractivity contribution in [3.8, 4) is 0 Å². The molecule has 2 rings (SSSR count). The lowest BCUT2D eigenvalue weighted by Gasteiger charge is -2.26. The second kappa shape index (κ2) is 9.59. The third kappa shape index (κ3) is 5.72. The van der Waals surface area contributed by atoms with Gasteiger partial charge in [-0.15, -0.1) is 11.3 Å². The molecule has 1 aromatic rings. The predicted octanol–water partition coefficient (Wildman–Crippen LogP) is 3.01. The number of thiophene rings is 1. The van der Waals surface area contributed by atoms with E-state index in [9.17, 15) is 9.59 Å². The average Bonchev–Trinajstić information content (AvgIpc) is 2.95. The molecule has 1 aliphatic rings. The van der Waals surface area contributed by atoms with E-state index >= 15 is 0 Å². The molecule has 2 unspecified atom stereocenters. The molecule has 0 saturated carbocycles. The molecule has 1 fully saturated rings. The Hall–Kier alpha value is -0.660. The first-order valence-corrected chi connectivity index (χ1v) is 11.1. The molecule has 1 aliphatic heterocycles. The third-order valence-electron chi connectivity index (χ3n) is 3.80. The van der Waals surface area contributed by atoms with Crippen LogP contribution in [-0.2, 0) is 9.59 Å². The van der Waals surface area contributed by atoms with E-state index in [1.54, 1.807) is 23.1 Å². The van der Waals surface area contributed by atoms with Gasteiger partial charge in [-0.25, -0.2) is 0 Å². The van der Waals surface area contributed by atoms with Gasteiger partial charge in [-0.3, -0.25) is 9.59 Å². The van der Waals surface area contributed by atoms with Gasteiger partial charge in [-0.2, -0.15) is 23.5 Å². The summed E-state index contributed by atoms with van der Waals surface area (Å²) in [7, 11) is 0. The van der Waals surface area contributed by atoms with Crippen LogP contribution >= 0.6 is 34.9 Å². The molecule has 128 valence electrons. The van der Waals surface area contributed by atoms with Crippen LogP contribution in [0.5, 0.6) is 0 Å². The van der Waals surface area contributed by atoms with E-state index in [2.05, 4.69) is 22.8 Å². The number of nitrogens with one attached hydrogen (secondary N) is 1. The maximum absolute atomic E-state index is 12.8. The van der Waals surface area contributed by atoms with Gasteiger partial charge in [0.15, 0.2) is 0 Å². The van der Waals surface area contributed by atoms with E-state index in [-0.39, 0.29) is 17.9 Å². The lowest BCUT2D eigenvalue weighted by molar-refractivity contribution is -0.135. The second-order valence-electron chi connectivity index (χ2n) is 5.52.